The van der Waals surface area contributed by atoms with Gasteiger partial charge in [-0.1, -0.05) is 26.8 Å². The molecular weight excluding hydrogens is 224 g/mol. The molecule has 1 aromatic heterocycles. The number of hydrogen-bond donors (Lipinski definition) is 1. The van der Waals surface area contributed by atoms with Crippen LogP contribution in [0.15, 0.2) is 12.1 Å². The van der Waals surface area contributed by atoms with Gasteiger partial charge in [0.05, 0.1) is 6.10 Å². The molecule has 1 rings (SSSR count). The molecule has 1 heterocycles. The molecule has 0 saturated heterocycles. The second-order valence-corrected chi connectivity index (χ2v) is 4.76. The van der Waals surface area contributed by atoms with Crippen LogP contribution in [0.25, 0.3) is 0 Å². The topological polar surface area (TPSA) is 36.4 Å². The molecule has 18 heavy (non-hydrogen) atoms. The maximum absolute atomic E-state index is 9.89. The molecule has 102 valence electrons. The Morgan fingerprint density at radius 1 is 1.17 bits per heavy atom. The Kier molecular flexibility index (Phi) is 6.13. The van der Waals surface area contributed by atoms with Crippen LogP contribution in [-0.2, 0) is 0 Å². The van der Waals surface area contributed by atoms with E-state index in [1.807, 2.05) is 26.0 Å². The van der Waals surface area contributed by atoms with Crippen molar-refractivity contribution in [3.8, 4) is 0 Å². The highest BCUT2D eigenvalue weighted by atomic mass is 16.3. The Bertz CT molecular complexity index is 360. The smallest absolute Gasteiger partial charge is 0.128 e. The van der Waals surface area contributed by atoms with Crippen LogP contribution in [0.2, 0.25) is 0 Å². The number of aromatic nitrogens is 1. The Labute approximate surface area is 111 Å². The number of nitrogens with zero attached hydrogens (tertiary/aromatic N) is 2. The van der Waals surface area contributed by atoms with Gasteiger partial charge in [0.15, 0.2) is 0 Å². The predicted molar refractivity (Wildman–Crippen MR) is 77.0 cm³/mol. The highest BCUT2D eigenvalue weighted by molar-refractivity contribution is 5.42. The zero-order valence-corrected chi connectivity index (χ0v) is 12.1. The molecule has 0 aliphatic carbocycles. The Balaban J connectivity index is 2.93. The third kappa shape index (κ3) is 3.70. The molecule has 1 atom stereocenters. The summed E-state index contributed by atoms with van der Waals surface area (Å²) in [6.45, 7) is 10.4. The lowest BCUT2D eigenvalue weighted by Gasteiger charge is -2.24. The molecule has 3 nitrogen and oxygen atoms in total. The van der Waals surface area contributed by atoms with E-state index in [0.717, 1.165) is 49.4 Å². The van der Waals surface area contributed by atoms with E-state index in [0.29, 0.717) is 0 Å². The molecule has 0 radical (unpaired) electrons. The molecule has 0 aromatic carbocycles. The Hall–Kier alpha value is -1.09. The molecule has 0 fully saturated rings. The third-order valence-electron chi connectivity index (χ3n) is 3.17. The predicted octanol–water partition coefficient (Wildman–Crippen LogP) is 3.46. The van der Waals surface area contributed by atoms with Gasteiger partial charge in [-0.15, -0.1) is 0 Å². The first-order valence-corrected chi connectivity index (χ1v) is 7.04. The molecule has 0 amide bonds. The highest BCUT2D eigenvalue weighted by Crippen LogP contribution is 2.22. The summed E-state index contributed by atoms with van der Waals surface area (Å²) in [5.74, 6) is 1.03. The lowest BCUT2D eigenvalue weighted by atomic mass is 10.1. The number of hydrogen-bond acceptors (Lipinski definition) is 3. The molecular formula is C15H26N2O. The fourth-order valence-electron chi connectivity index (χ4n) is 2.19. The van der Waals surface area contributed by atoms with Crippen LogP contribution < -0.4 is 4.90 Å². The molecule has 0 unspecified atom stereocenters. The SMILES string of the molecule is CCCN(CCC)c1ccc([C@H](O)CC)c(C)n1. The van der Waals surface area contributed by atoms with Crippen LogP contribution in [-0.4, -0.2) is 23.2 Å². The van der Waals surface area contributed by atoms with Gasteiger partial charge in [-0.25, -0.2) is 4.98 Å². The summed E-state index contributed by atoms with van der Waals surface area (Å²) in [6, 6.07) is 4.05. The van der Waals surface area contributed by atoms with Crippen molar-refractivity contribution in [1.82, 2.24) is 4.98 Å². The van der Waals surface area contributed by atoms with Gasteiger partial charge in [-0.3, -0.25) is 0 Å². The van der Waals surface area contributed by atoms with Gasteiger partial charge < -0.3 is 10.0 Å². The number of aliphatic hydroxyl groups is 1. The largest absolute Gasteiger partial charge is 0.388 e. The van der Waals surface area contributed by atoms with Gasteiger partial charge in [0, 0.05) is 24.3 Å². The van der Waals surface area contributed by atoms with Crippen LogP contribution in [0, 0.1) is 6.92 Å². The summed E-state index contributed by atoms with van der Waals surface area (Å²) in [4.78, 5) is 6.96. The number of aliphatic hydroxyl groups excluding tert-OH is 1. The number of rotatable bonds is 7. The fraction of sp³-hybridized carbons (Fsp3) is 0.667. The molecule has 0 aliphatic rings. The van der Waals surface area contributed by atoms with E-state index in [4.69, 9.17) is 0 Å². The number of aryl methyl sites for hydroxylation is 1. The average Bonchev–Trinajstić information content (AvgIpc) is 2.37. The van der Waals surface area contributed by atoms with Gasteiger partial charge in [-0.05, 0) is 32.3 Å². The minimum Gasteiger partial charge on any atom is -0.388 e. The minimum atomic E-state index is -0.391. The van der Waals surface area contributed by atoms with Crippen molar-refractivity contribution in [2.24, 2.45) is 0 Å². The van der Waals surface area contributed by atoms with Gasteiger partial charge in [0.2, 0.25) is 0 Å². The minimum absolute atomic E-state index is 0.391. The van der Waals surface area contributed by atoms with Gasteiger partial charge in [0.25, 0.3) is 0 Å². The zero-order valence-electron chi connectivity index (χ0n) is 12.1. The summed E-state index contributed by atoms with van der Waals surface area (Å²) in [7, 11) is 0. The standard InChI is InChI=1S/C15H26N2O/c1-5-10-17(11-6-2)15-9-8-13(12(4)16-15)14(18)7-3/h8-9,14,18H,5-7,10-11H2,1-4H3/t14-/m1/s1. The maximum Gasteiger partial charge on any atom is 0.128 e. The molecule has 0 bridgehead atoms. The van der Waals surface area contributed by atoms with E-state index in [1.54, 1.807) is 0 Å². The number of pyridine rings is 1. The maximum atomic E-state index is 9.89. The average molecular weight is 250 g/mol. The summed E-state index contributed by atoms with van der Waals surface area (Å²) >= 11 is 0. The lowest BCUT2D eigenvalue weighted by molar-refractivity contribution is 0.172. The molecule has 0 spiro atoms. The second-order valence-electron chi connectivity index (χ2n) is 4.76. The van der Waals surface area contributed by atoms with Gasteiger partial charge >= 0.3 is 0 Å². The van der Waals surface area contributed by atoms with Crippen molar-refractivity contribution >= 4 is 5.82 Å². The molecule has 1 N–H and O–H groups in total. The normalized spacial score (nSPS) is 12.5. The van der Waals surface area contributed by atoms with Crippen LogP contribution in [0.3, 0.4) is 0 Å². The van der Waals surface area contributed by atoms with Crippen LogP contribution in [0.1, 0.15) is 57.4 Å². The summed E-state index contributed by atoms with van der Waals surface area (Å²) in [5, 5.41) is 9.89. The fourth-order valence-corrected chi connectivity index (χ4v) is 2.19. The Morgan fingerprint density at radius 2 is 1.78 bits per heavy atom. The number of anilines is 1. The van der Waals surface area contributed by atoms with Crippen molar-refractivity contribution < 1.29 is 5.11 Å². The van der Waals surface area contributed by atoms with E-state index in [-0.39, 0.29) is 0 Å². The lowest BCUT2D eigenvalue weighted by Crippen LogP contribution is -2.26. The first kappa shape index (κ1) is 15.0. The van der Waals surface area contributed by atoms with E-state index in [9.17, 15) is 5.11 Å². The first-order valence-electron chi connectivity index (χ1n) is 7.04. The molecule has 0 saturated carbocycles. The zero-order chi connectivity index (χ0) is 13.5. The van der Waals surface area contributed by atoms with Crippen LogP contribution in [0.5, 0.6) is 0 Å². The van der Waals surface area contributed by atoms with Crippen molar-refractivity contribution in [2.75, 3.05) is 18.0 Å². The summed E-state index contributed by atoms with van der Waals surface area (Å²) in [6.07, 6.45) is 2.59. The summed E-state index contributed by atoms with van der Waals surface area (Å²) < 4.78 is 0. The van der Waals surface area contributed by atoms with Gasteiger partial charge in [-0.2, -0.15) is 0 Å². The van der Waals surface area contributed by atoms with Crippen molar-refractivity contribution in [1.29, 1.82) is 0 Å². The van der Waals surface area contributed by atoms with E-state index >= 15 is 0 Å². The van der Waals surface area contributed by atoms with Gasteiger partial charge in [0.1, 0.15) is 5.82 Å². The van der Waals surface area contributed by atoms with E-state index in [1.165, 1.54) is 0 Å². The Morgan fingerprint density at radius 3 is 2.22 bits per heavy atom. The highest BCUT2D eigenvalue weighted by Gasteiger charge is 2.12. The van der Waals surface area contributed by atoms with Crippen molar-refractivity contribution in [3.05, 3.63) is 23.4 Å². The second kappa shape index (κ2) is 7.37. The molecule has 1 aromatic rings. The quantitative estimate of drug-likeness (QED) is 0.805. The first-order chi connectivity index (χ1) is 8.63. The molecule has 3 heteroatoms. The summed E-state index contributed by atoms with van der Waals surface area (Å²) in [5.41, 5.74) is 1.90. The monoisotopic (exact) mass is 250 g/mol. The molecule has 0 aliphatic heterocycles. The van der Waals surface area contributed by atoms with Crippen LogP contribution >= 0.6 is 0 Å². The van der Waals surface area contributed by atoms with E-state index < -0.39 is 6.10 Å². The van der Waals surface area contributed by atoms with E-state index in [2.05, 4.69) is 23.7 Å². The van der Waals surface area contributed by atoms with Crippen LogP contribution in [0.4, 0.5) is 5.82 Å². The van der Waals surface area contributed by atoms with Crippen molar-refractivity contribution in [2.45, 2.75) is 53.1 Å². The van der Waals surface area contributed by atoms with Crippen molar-refractivity contribution in [3.63, 3.8) is 0 Å². The third-order valence-corrected chi connectivity index (χ3v) is 3.17.